The lowest BCUT2D eigenvalue weighted by Gasteiger charge is -2.16. The zero-order valence-electron chi connectivity index (χ0n) is 11.4. The van der Waals surface area contributed by atoms with Crippen molar-refractivity contribution in [1.29, 1.82) is 0 Å². The van der Waals surface area contributed by atoms with Crippen molar-refractivity contribution in [3.63, 3.8) is 0 Å². The number of para-hydroxylation sites is 1. The van der Waals surface area contributed by atoms with E-state index in [0.29, 0.717) is 10.9 Å². The summed E-state index contributed by atoms with van der Waals surface area (Å²) in [6, 6.07) is 12.8. The second-order valence-corrected chi connectivity index (χ2v) is 4.88. The predicted octanol–water partition coefficient (Wildman–Crippen LogP) is 4.07. The number of anilines is 1. The lowest BCUT2D eigenvalue weighted by Crippen LogP contribution is -2.10. The molecule has 1 aromatic heterocycles. The third kappa shape index (κ3) is 4.29. The molecule has 1 aromatic carbocycles. The minimum absolute atomic E-state index is 0.208. The van der Waals surface area contributed by atoms with Gasteiger partial charge in [-0.2, -0.15) is 0 Å². The molecule has 1 atom stereocenters. The van der Waals surface area contributed by atoms with Crippen LogP contribution in [0.25, 0.3) is 0 Å². The summed E-state index contributed by atoms with van der Waals surface area (Å²) in [6.45, 7) is 1.87. The number of hydrogen-bond acceptors (Lipinski definition) is 4. The highest BCUT2D eigenvalue weighted by Crippen LogP contribution is 2.25. The van der Waals surface area contributed by atoms with Crippen molar-refractivity contribution in [3.8, 4) is 0 Å². The van der Waals surface area contributed by atoms with E-state index in [4.69, 9.17) is 11.6 Å². The van der Waals surface area contributed by atoms with Gasteiger partial charge in [-0.15, -0.1) is 0 Å². The van der Waals surface area contributed by atoms with Crippen molar-refractivity contribution in [2.24, 2.45) is 0 Å². The number of hydrogen-bond donors (Lipinski definition) is 1. The number of rotatable bonds is 5. The minimum atomic E-state index is -0.467. The van der Waals surface area contributed by atoms with Crippen LogP contribution in [0, 0.1) is 10.1 Å². The van der Waals surface area contributed by atoms with E-state index >= 15 is 0 Å². The number of allylic oxidation sites excluding steroid dienone is 1. The van der Waals surface area contributed by atoms with E-state index in [2.05, 4.69) is 10.3 Å². The first-order chi connectivity index (χ1) is 10.1. The first kappa shape index (κ1) is 15.0. The number of aromatic nitrogens is 1. The van der Waals surface area contributed by atoms with Crippen LogP contribution < -0.4 is 5.32 Å². The highest BCUT2D eigenvalue weighted by molar-refractivity contribution is 6.29. The Morgan fingerprint density at radius 3 is 2.62 bits per heavy atom. The van der Waals surface area contributed by atoms with E-state index < -0.39 is 4.92 Å². The van der Waals surface area contributed by atoms with Crippen LogP contribution in [0.15, 0.2) is 60.6 Å². The van der Waals surface area contributed by atoms with Gasteiger partial charge >= 0.3 is 0 Å². The number of nitrogens with one attached hydrogen (secondary N) is 1. The summed E-state index contributed by atoms with van der Waals surface area (Å²) in [5.41, 5.74) is 2.12. The number of nitro groups is 1. The van der Waals surface area contributed by atoms with Gasteiger partial charge in [0.25, 0.3) is 6.20 Å². The van der Waals surface area contributed by atoms with Crippen LogP contribution in [0.1, 0.15) is 18.4 Å². The molecule has 1 N–H and O–H groups in total. The Hall–Kier alpha value is -2.40. The smallest absolute Gasteiger partial charge is 0.254 e. The SMILES string of the molecule is CC(/C(=C\[N+](=O)[O-])Nc1ccccc1)c1ccc(Cl)nc1. The summed E-state index contributed by atoms with van der Waals surface area (Å²) in [5, 5.41) is 14.3. The maximum absolute atomic E-state index is 10.8. The van der Waals surface area contributed by atoms with Crippen LogP contribution in [0.2, 0.25) is 5.15 Å². The molecule has 0 radical (unpaired) electrons. The van der Waals surface area contributed by atoms with Crippen molar-refractivity contribution in [1.82, 2.24) is 4.98 Å². The minimum Gasteiger partial charge on any atom is -0.353 e. The molecule has 0 saturated heterocycles. The van der Waals surface area contributed by atoms with Gasteiger partial charge < -0.3 is 5.32 Å². The molecule has 0 fully saturated rings. The molecular weight excluding hydrogens is 290 g/mol. The van der Waals surface area contributed by atoms with Crippen LogP contribution >= 0.6 is 11.6 Å². The molecule has 0 aliphatic rings. The first-order valence-corrected chi connectivity index (χ1v) is 6.73. The Kier molecular flexibility index (Phi) is 4.90. The molecule has 0 aliphatic heterocycles. The lowest BCUT2D eigenvalue weighted by molar-refractivity contribution is -0.403. The molecule has 108 valence electrons. The molecule has 6 heteroatoms. The number of pyridine rings is 1. The van der Waals surface area contributed by atoms with E-state index in [1.807, 2.05) is 37.3 Å². The average Bonchev–Trinajstić information content (AvgIpc) is 2.47. The maximum atomic E-state index is 10.8. The Labute approximate surface area is 127 Å². The second kappa shape index (κ2) is 6.85. The Bertz CT molecular complexity index is 642. The summed E-state index contributed by atoms with van der Waals surface area (Å²) in [4.78, 5) is 14.4. The van der Waals surface area contributed by atoms with Crippen LogP contribution in [-0.2, 0) is 0 Å². The van der Waals surface area contributed by atoms with Gasteiger partial charge in [-0.1, -0.05) is 42.8 Å². The van der Waals surface area contributed by atoms with Gasteiger partial charge in [0.05, 0.1) is 10.6 Å². The molecule has 21 heavy (non-hydrogen) atoms. The second-order valence-electron chi connectivity index (χ2n) is 4.50. The van der Waals surface area contributed by atoms with E-state index in [9.17, 15) is 10.1 Å². The number of benzene rings is 1. The standard InChI is InChI=1S/C15H14ClN3O2/c1-11(12-7-8-15(16)17-9-12)14(10-19(20)21)18-13-5-3-2-4-6-13/h2-11,18H,1H3/b14-10+. The monoisotopic (exact) mass is 303 g/mol. The van der Waals surface area contributed by atoms with Gasteiger partial charge in [-0.25, -0.2) is 4.98 Å². The van der Waals surface area contributed by atoms with Crippen LogP contribution in [0.4, 0.5) is 5.69 Å². The van der Waals surface area contributed by atoms with Crippen molar-refractivity contribution in [2.75, 3.05) is 5.32 Å². The molecule has 2 aromatic rings. The van der Waals surface area contributed by atoms with Gasteiger partial charge in [0.1, 0.15) is 5.15 Å². The molecule has 2 rings (SSSR count). The Morgan fingerprint density at radius 2 is 2.05 bits per heavy atom. The van der Waals surface area contributed by atoms with Gasteiger partial charge in [-0.3, -0.25) is 10.1 Å². The average molecular weight is 304 g/mol. The summed E-state index contributed by atoms with van der Waals surface area (Å²) in [5.74, 6) is -0.208. The fourth-order valence-electron chi connectivity index (χ4n) is 1.88. The third-order valence-corrected chi connectivity index (χ3v) is 3.25. The van der Waals surface area contributed by atoms with Crippen molar-refractivity contribution in [2.45, 2.75) is 12.8 Å². The van der Waals surface area contributed by atoms with Crippen LogP contribution in [0.3, 0.4) is 0 Å². The first-order valence-electron chi connectivity index (χ1n) is 6.35. The van der Waals surface area contributed by atoms with E-state index in [-0.39, 0.29) is 5.92 Å². The molecule has 0 aliphatic carbocycles. The number of halogens is 1. The molecule has 1 unspecified atom stereocenters. The lowest BCUT2D eigenvalue weighted by atomic mass is 9.99. The molecule has 1 heterocycles. The summed E-state index contributed by atoms with van der Waals surface area (Å²) < 4.78 is 0. The van der Waals surface area contributed by atoms with Gasteiger partial charge in [0.2, 0.25) is 0 Å². The highest BCUT2D eigenvalue weighted by atomic mass is 35.5. The molecule has 0 amide bonds. The fourth-order valence-corrected chi connectivity index (χ4v) is 1.99. The van der Waals surface area contributed by atoms with Gasteiger partial charge in [0.15, 0.2) is 0 Å². The topological polar surface area (TPSA) is 68.1 Å². The predicted molar refractivity (Wildman–Crippen MR) is 82.8 cm³/mol. The Balaban J connectivity index is 2.27. The zero-order chi connectivity index (χ0) is 15.2. The van der Waals surface area contributed by atoms with Crippen LogP contribution in [0.5, 0.6) is 0 Å². The normalized spacial score (nSPS) is 12.8. The van der Waals surface area contributed by atoms with E-state index in [1.165, 1.54) is 0 Å². The van der Waals surface area contributed by atoms with E-state index in [1.54, 1.807) is 18.3 Å². The summed E-state index contributed by atoms with van der Waals surface area (Å²) in [6.07, 6.45) is 2.60. The van der Waals surface area contributed by atoms with Crippen molar-refractivity contribution >= 4 is 17.3 Å². The quantitative estimate of drug-likeness (QED) is 0.513. The van der Waals surface area contributed by atoms with Crippen LogP contribution in [-0.4, -0.2) is 9.91 Å². The summed E-state index contributed by atoms with van der Waals surface area (Å²) in [7, 11) is 0. The van der Waals surface area contributed by atoms with Gasteiger partial charge in [0, 0.05) is 17.8 Å². The van der Waals surface area contributed by atoms with Gasteiger partial charge in [-0.05, 0) is 23.8 Å². The van der Waals surface area contributed by atoms with Crippen molar-refractivity contribution in [3.05, 3.63) is 81.4 Å². The third-order valence-electron chi connectivity index (χ3n) is 3.02. The van der Waals surface area contributed by atoms with E-state index in [0.717, 1.165) is 17.5 Å². The molecule has 5 nitrogen and oxygen atoms in total. The molecular formula is C15H14ClN3O2. The number of nitrogens with zero attached hydrogens (tertiary/aromatic N) is 2. The molecule has 0 saturated carbocycles. The fraction of sp³-hybridized carbons (Fsp3) is 0.133. The summed E-state index contributed by atoms with van der Waals surface area (Å²) >= 11 is 5.76. The van der Waals surface area contributed by atoms with Crippen molar-refractivity contribution < 1.29 is 4.92 Å². The zero-order valence-corrected chi connectivity index (χ0v) is 12.1. The molecule has 0 bridgehead atoms. The largest absolute Gasteiger partial charge is 0.353 e. The molecule has 0 spiro atoms. The Morgan fingerprint density at radius 1 is 1.33 bits per heavy atom. The highest BCUT2D eigenvalue weighted by Gasteiger charge is 2.16. The maximum Gasteiger partial charge on any atom is 0.254 e.